The molecule has 1 saturated heterocycles. The van der Waals surface area contributed by atoms with E-state index in [9.17, 15) is 14.7 Å². The molecule has 24 heavy (non-hydrogen) atoms. The van der Waals surface area contributed by atoms with E-state index in [0.29, 0.717) is 23.6 Å². The fraction of sp³-hybridized carbons (Fsp3) is 0.263. The first kappa shape index (κ1) is 16.7. The molecule has 1 fully saturated rings. The predicted molar refractivity (Wildman–Crippen MR) is 93.4 cm³/mol. The molecule has 0 radical (unpaired) electrons. The van der Waals surface area contributed by atoms with E-state index in [1.54, 1.807) is 24.1 Å². The number of hydrogen-bond donors (Lipinski definition) is 1. The van der Waals surface area contributed by atoms with Crippen LogP contribution in [0.15, 0.2) is 48.5 Å². The maximum atomic E-state index is 12.7. The van der Waals surface area contributed by atoms with Crippen molar-refractivity contribution in [1.29, 1.82) is 0 Å². The zero-order valence-electron chi connectivity index (χ0n) is 13.3. The lowest BCUT2D eigenvalue weighted by molar-refractivity contribution is -0.142. The number of carboxylic acids is 1. The van der Waals surface area contributed by atoms with Crippen LogP contribution in [0.25, 0.3) is 11.1 Å². The van der Waals surface area contributed by atoms with Crippen molar-refractivity contribution in [3.63, 3.8) is 0 Å². The van der Waals surface area contributed by atoms with Gasteiger partial charge in [0.05, 0.1) is 0 Å². The number of benzene rings is 2. The molecular formula is C19H18ClNO3. The number of aliphatic carboxylic acids is 1. The third-order valence-electron chi connectivity index (χ3n) is 4.59. The number of hydrogen-bond acceptors (Lipinski definition) is 3. The molecule has 124 valence electrons. The van der Waals surface area contributed by atoms with Gasteiger partial charge < -0.3 is 5.11 Å². The Morgan fingerprint density at radius 3 is 2.12 bits per heavy atom. The third kappa shape index (κ3) is 3.21. The second kappa shape index (κ2) is 6.75. The van der Waals surface area contributed by atoms with Gasteiger partial charge in [0, 0.05) is 16.5 Å². The minimum atomic E-state index is -0.939. The van der Waals surface area contributed by atoms with Crippen LogP contribution in [0.3, 0.4) is 0 Å². The van der Waals surface area contributed by atoms with Crippen molar-refractivity contribution < 1.29 is 14.7 Å². The Labute approximate surface area is 145 Å². The molecule has 0 spiro atoms. The van der Waals surface area contributed by atoms with Gasteiger partial charge in [-0.05, 0) is 43.3 Å². The maximum absolute atomic E-state index is 12.7. The summed E-state index contributed by atoms with van der Waals surface area (Å²) in [7, 11) is 1.75. The summed E-state index contributed by atoms with van der Waals surface area (Å²) < 4.78 is 0. The lowest BCUT2D eigenvalue weighted by atomic mass is 9.90. The molecule has 0 bridgehead atoms. The highest BCUT2D eigenvalue weighted by Gasteiger charge is 2.41. The minimum Gasteiger partial charge on any atom is -0.480 e. The average molecular weight is 344 g/mol. The molecule has 3 rings (SSSR count). The molecule has 1 aliphatic heterocycles. The number of halogens is 1. The SMILES string of the molecule is CN1CC[C@H](C(=O)c2ccc(-c3ccc(Cl)cc3)cc2)C1C(=O)O. The summed E-state index contributed by atoms with van der Waals surface area (Å²) in [5.74, 6) is -1.53. The van der Waals surface area contributed by atoms with E-state index < -0.39 is 17.9 Å². The van der Waals surface area contributed by atoms with E-state index in [1.807, 2.05) is 36.4 Å². The number of carboxylic acid groups (broad SMARTS) is 1. The first-order valence-electron chi connectivity index (χ1n) is 7.80. The van der Waals surface area contributed by atoms with Gasteiger partial charge >= 0.3 is 5.97 Å². The van der Waals surface area contributed by atoms with Crippen molar-refractivity contribution in [2.75, 3.05) is 13.6 Å². The van der Waals surface area contributed by atoms with Crippen LogP contribution in [0.2, 0.25) is 5.02 Å². The number of likely N-dealkylation sites (tertiary alicyclic amines) is 1. The van der Waals surface area contributed by atoms with Gasteiger partial charge in [-0.25, -0.2) is 0 Å². The van der Waals surface area contributed by atoms with Crippen LogP contribution in [0.1, 0.15) is 16.8 Å². The predicted octanol–water partition coefficient (Wildman–Crippen LogP) is 3.59. The smallest absolute Gasteiger partial charge is 0.321 e. The number of nitrogens with zero attached hydrogens (tertiary/aromatic N) is 1. The average Bonchev–Trinajstić information content (AvgIpc) is 2.97. The normalized spacial score (nSPS) is 20.9. The summed E-state index contributed by atoms with van der Waals surface area (Å²) in [5.41, 5.74) is 2.56. The van der Waals surface area contributed by atoms with E-state index in [4.69, 9.17) is 11.6 Å². The van der Waals surface area contributed by atoms with Crippen LogP contribution < -0.4 is 0 Å². The highest BCUT2D eigenvalue weighted by Crippen LogP contribution is 2.28. The number of likely N-dealkylation sites (N-methyl/N-ethyl adjacent to an activating group) is 1. The Morgan fingerprint density at radius 2 is 1.58 bits per heavy atom. The van der Waals surface area contributed by atoms with Gasteiger partial charge in [-0.15, -0.1) is 0 Å². The fourth-order valence-electron chi connectivity index (χ4n) is 3.27. The van der Waals surface area contributed by atoms with Crippen molar-refractivity contribution in [3.8, 4) is 11.1 Å². The highest BCUT2D eigenvalue weighted by atomic mass is 35.5. The van der Waals surface area contributed by atoms with E-state index in [0.717, 1.165) is 11.1 Å². The van der Waals surface area contributed by atoms with Gasteiger partial charge in [-0.2, -0.15) is 0 Å². The molecular weight excluding hydrogens is 326 g/mol. The summed E-state index contributed by atoms with van der Waals surface area (Å²) in [6, 6.07) is 14.0. The molecule has 2 atom stereocenters. The monoisotopic (exact) mass is 343 g/mol. The van der Waals surface area contributed by atoms with Crippen LogP contribution in [0.5, 0.6) is 0 Å². The third-order valence-corrected chi connectivity index (χ3v) is 4.84. The zero-order valence-corrected chi connectivity index (χ0v) is 14.0. The second-order valence-electron chi connectivity index (χ2n) is 6.11. The molecule has 1 aliphatic rings. The fourth-order valence-corrected chi connectivity index (χ4v) is 3.39. The van der Waals surface area contributed by atoms with Gasteiger partial charge in [-0.3, -0.25) is 14.5 Å². The van der Waals surface area contributed by atoms with Gasteiger partial charge in [0.15, 0.2) is 5.78 Å². The minimum absolute atomic E-state index is 0.102. The standard InChI is InChI=1S/C19H18ClNO3/c1-21-11-10-16(17(21)19(23)24)18(22)14-4-2-12(3-5-14)13-6-8-15(20)9-7-13/h2-9,16-17H,10-11H2,1H3,(H,23,24)/t16-,17?/m0/s1. The highest BCUT2D eigenvalue weighted by molar-refractivity contribution is 6.30. The quantitative estimate of drug-likeness (QED) is 0.862. The van der Waals surface area contributed by atoms with Crippen LogP contribution in [0.4, 0.5) is 0 Å². The Bertz CT molecular complexity index is 755. The van der Waals surface area contributed by atoms with Gasteiger partial charge in [-0.1, -0.05) is 48.0 Å². The molecule has 2 aromatic rings. The Hall–Kier alpha value is -2.17. The van der Waals surface area contributed by atoms with Crippen LogP contribution in [-0.4, -0.2) is 41.4 Å². The summed E-state index contributed by atoms with van der Waals surface area (Å²) in [4.78, 5) is 25.8. The molecule has 1 N–H and O–H groups in total. The molecule has 0 saturated carbocycles. The summed E-state index contributed by atoms with van der Waals surface area (Å²) in [6.07, 6.45) is 0.575. The molecule has 4 nitrogen and oxygen atoms in total. The number of rotatable bonds is 4. The largest absolute Gasteiger partial charge is 0.480 e. The van der Waals surface area contributed by atoms with Gasteiger partial charge in [0.2, 0.25) is 0 Å². The second-order valence-corrected chi connectivity index (χ2v) is 6.54. The molecule has 5 heteroatoms. The Morgan fingerprint density at radius 1 is 1.04 bits per heavy atom. The van der Waals surface area contributed by atoms with Crippen molar-refractivity contribution in [2.24, 2.45) is 5.92 Å². The van der Waals surface area contributed by atoms with Crippen molar-refractivity contribution in [3.05, 3.63) is 59.1 Å². The summed E-state index contributed by atoms with van der Waals surface area (Å²) >= 11 is 5.89. The van der Waals surface area contributed by atoms with Gasteiger partial charge in [0.1, 0.15) is 6.04 Å². The van der Waals surface area contributed by atoms with Crippen LogP contribution in [0, 0.1) is 5.92 Å². The molecule has 2 aromatic carbocycles. The number of carbonyl (C=O) groups is 2. The van der Waals surface area contributed by atoms with Gasteiger partial charge in [0.25, 0.3) is 0 Å². The summed E-state index contributed by atoms with van der Waals surface area (Å²) in [5, 5.41) is 10.0. The van der Waals surface area contributed by atoms with Crippen molar-refractivity contribution in [2.45, 2.75) is 12.5 Å². The zero-order chi connectivity index (χ0) is 17.3. The number of carbonyl (C=O) groups excluding carboxylic acids is 1. The molecule has 0 aliphatic carbocycles. The lowest BCUT2D eigenvalue weighted by Gasteiger charge is -2.19. The number of ketones is 1. The molecule has 1 heterocycles. The Kier molecular flexibility index (Phi) is 4.69. The molecule has 1 unspecified atom stereocenters. The van der Waals surface area contributed by atoms with Crippen molar-refractivity contribution in [1.82, 2.24) is 4.90 Å². The Balaban J connectivity index is 1.81. The lowest BCUT2D eigenvalue weighted by Crippen LogP contribution is -2.39. The van der Waals surface area contributed by atoms with Crippen LogP contribution >= 0.6 is 11.6 Å². The van der Waals surface area contributed by atoms with E-state index >= 15 is 0 Å². The molecule has 0 amide bonds. The van der Waals surface area contributed by atoms with Crippen molar-refractivity contribution >= 4 is 23.4 Å². The van der Waals surface area contributed by atoms with E-state index in [1.165, 1.54) is 0 Å². The molecule has 0 aromatic heterocycles. The van der Waals surface area contributed by atoms with E-state index in [2.05, 4.69) is 0 Å². The topological polar surface area (TPSA) is 57.6 Å². The van der Waals surface area contributed by atoms with E-state index in [-0.39, 0.29) is 5.78 Å². The first-order valence-corrected chi connectivity index (χ1v) is 8.18. The summed E-state index contributed by atoms with van der Waals surface area (Å²) in [6.45, 7) is 0.621. The number of Topliss-reactive ketones (excluding diaryl/α,β-unsaturated/α-hetero) is 1. The first-order chi connectivity index (χ1) is 11.5. The maximum Gasteiger partial charge on any atom is 0.321 e. The van der Waals surface area contributed by atoms with Crippen LogP contribution in [-0.2, 0) is 4.79 Å².